The lowest BCUT2D eigenvalue weighted by molar-refractivity contribution is 0.286. The molecule has 2 rings (SSSR count). The van der Waals surface area contributed by atoms with Gasteiger partial charge >= 0.3 is 7.12 Å². The molecule has 2 N–H and O–H groups in total. The van der Waals surface area contributed by atoms with Crippen LogP contribution in [0.3, 0.4) is 0 Å². The second-order valence-electron chi connectivity index (χ2n) is 4.27. The van der Waals surface area contributed by atoms with Gasteiger partial charge in [-0.05, 0) is 23.3 Å². The summed E-state index contributed by atoms with van der Waals surface area (Å²) in [4.78, 5) is 0. The van der Waals surface area contributed by atoms with Crippen LogP contribution in [0.15, 0.2) is 53.3 Å². The zero-order valence-corrected chi connectivity index (χ0v) is 11.8. The van der Waals surface area contributed by atoms with E-state index in [0.717, 1.165) is 22.4 Å². The van der Waals surface area contributed by atoms with Gasteiger partial charge < -0.3 is 15.1 Å². The second-order valence-corrected chi connectivity index (χ2v) is 4.75. The van der Waals surface area contributed by atoms with Crippen molar-refractivity contribution in [3.63, 3.8) is 0 Å². The topological polar surface area (TPSA) is 53.9 Å². The molecule has 0 spiro atoms. The van der Waals surface area contributed by atoms with Crippen LogP contribution in [0.5, 0.6) is 0 Å². The molecule has 1 aromatic carbocycles. The van der Waals surface area contributed by atoms with Gasteiger partial charge in [0.2, 0.25) is 0 Å². The average molecular weight is 289 g/mol. The zero-order chi connectivity index (χ0) is 14.7. The summed E-state index contributed by atoms with van der Waals surface area (Å²) in [6.45, 7) is 7.61. The Labute approximate surface area is 123 Å². The van der Waals surface area contributed by atoms with Gasteiger partial charge in [-0.2, -0.15) is 0 Å². The molecule has 6 heteroatoms. The molecule has 1 aliphatic rings. The maximum absolute atomic E-state index is 9.68. The van der Waals surface area contributed by atoms with Crippen molar-refractivity contribution in [2.75, 3.05) is 7.05 Å². The Hall–Kier alpha value is -1.98. The number of hydrogen-bond donors (Lipinski definition) is 2. The van der Waals surface area contributed by atoms with Gasteiger partial charge in [0, 0.05) is 28.8 Å². The highest BCUT2D eigenvalue weighted by Crippen LogP contribution is 2.23. The third-order valence-electron chi connectivity index (χ3n) is 2.94. The molecule has 1 aromatic rings. The summed E-state index contributed by atoms with van der Waals surface area (Å²) in [5.74, 6) is 0. The molecule has 0 aromatic heterocycles. The molecule has 1 aliphatic heterocycles. The van der Waals surface area contributed by atoms with Crippen LogP contribution in [-0.4, -0.2) is 25.4 Å². The maximum atomic E-state index is 9.68. The molecular weight excluding hydrogens is 274 g/mol. The van der Waals surface area contributed by atoms with Crippen molar-refractivity contribution in [2.45, 2.75) is 0 Å². The minimum Gasteiger partial charge on any atom is -0.427 e. The maximum Gasteiger partial charge on any atom is 0.583 e. The fourth-order valence-electron chi connectivity index (χ4n) is 1.92. The van der Waals surface area contributed by atoms with Gasteiger partial charge in [-0.25, -0.2) is 0 Å². The predicted octanol–water partition coefficient (Wildman–Crippen LogP) is 1.61. The van der Waals surface area contributed by atoms with Crippen LogP contribution >= 0.6 is 11.6 Å². The predicted molar refractivity (Wildman–Crippen MR) is 83.9 cm³/mol. The van der Waals surface area contributed by atoms with Crippen LogP contribution in [0.25, 0.3) is 5.57 Å². The van der Waals surface area contributed by atoms with E-state index in [1.165, 1.54) is 0 Å². The van der Waals surface area contributed by atoms with E-state index in [4.69, 9.17) is 16.4 Å². The third kappa shape index (κ3) is 2.95. The normalized spacial score (nSPS) is 13.6. The lowest BCUT2D eigenvalue weighted by Gasteiger charge is -2.16. The first-order valence-electron chi connectivity index (χ1n) is 5.97. The SMILES string of the molecule is C=C(Cl)/C=C(\C(=C)NC)c1ccc2c(c1)C=NOB2O. The Balaban J connectivity index is 2.49. The Morgan fingerprint density at radius 1 is 1.50 bits per heavy atom. The highest BCUT2D eigenvalue weighted by molar-refractivity contribution is 6.62. The number of nitrogens with zero attached hydrogens (tertiary/aromatic N) is 1. The number of allylic oxidation sites excluding steroid dienone is 3. The van der Waals surface area contributed by atoms with Gasteiger partial charge in [0.15, 0.2) is 0 Å². The van der Waals surface area contributed by atoms with Gasteiger partial charge in [0.05, 0.1) is 6.21 Å². The van der Waals surface area contributed by atoms with Crippen LogP contribution in [0, 0.1) is 0 Å². The van der Waals surface area contributed by atoms with Gasteiger partial charge in [-0.1, -0.05) is 36.9 Å². The molecule has 0 saturated heterocycles. The lowest BCUT2D eigenvalue weighted by Crippen LogP contribution is -2.37. The minimum absolute atomic E-state index is 0.408. The van der Waals surface area contributed by atoms with Gasteiger partial charge in [-0.3, -0.25) is 0 Å². The Bertz CT molecular complexity index is 626. The summed E-state index contributed by atoms with van der Waals surface area (Å²) in [5, 5.41) is 16.7. The zero-order valence-electron chi connectivity index (χ0n) is 11.1. The number of likely N-dealkylation sites (N-methyl/N-ethyl adjacent to an activating group) is 1. The number of oxime groups is 1. The molecule has 1 heterocycles. The first-order chi connectivity index (χ1) is 9.52. The van der Waals surface area contributed by atoms with E-state index in [1.54, 1.807) is 25.4 Å². The Kier molecular flexibility index (Phi) is 4.32. The molecule has 0 amide bonds. The van der Waals surface area contributed by atoms with Crippen LogP contribution in [-0.2, 0) is 4.76 Å². The van der Waals surface area contributed by atoms with Crippen molar-refractivity contribution < 1.29 is 9.78 Å². The van der Waals surface area contributed by atoms with Crippen molar-refractivity contribution in [3.8, 4) is 0 Å². The van der Waals surface area contributed by atoms with Crippen LogP contribution in [0.1, 0.15) is 11.1 Å². The Morgan fingerprint density at radius 3 is 2.90 bits per heavy atom. The molecule has 0 saturated carbocycles. The van der Waals surface area contributed by atoms with Crippen molar-refractivity contribution in [1.29, 1.82) is 0 Å². The quantitative estimate of drug-likeness (QED) is 0.654. The largest absolute Gasteiger partial charge is 0.583 e. The van der Waals surface area contributed by atoms with E-state index in [0.29, 0.717) is 10.5 Å². The standard InChI is InChI=1S/C14H14BClN2O2/c1-9(16)6-13(10(2)17-3)11-4-5-14-12(7-11)8-18-20-15(14)19/h4-8,17,19H,1-2H2,3H3/b13-6+. The minimum atomic E-state index is -1.04. The number of hydrogen-bond acceptors (Lipinski definition) is 4. The molecule has 4 nitrogen and oxygen atoms in total. The molecule has 0 fully saturated rings. The summed E-state index contributed by atoms with van der Waals surface area (Å²) in [6, 6.07) is 5.53. The average Bonchev–Trinajstić information content (AvgIpc) is 2.43. The van der Waals surface area contributed by atoms with E-state index >= 15 is 0 Å². The lowest BCUT2D eigenvalue weighted by atomic mass is 9.75. The van der Waals surface area contributed by atoms with E-state index in [9.17, 15) is 5.02 Å². The number of nitrogens with one attached hydrogen (secondary N) is 1. The molecule has 0 unspecified atom stereocenters. The van der Waals surface area contributed by atoms with E-state index in [-0.39, 0.29) is 0 Å². The smallest absolute Gasteiger partial charge is 0.427 e. The van der Waals surface area contributed by atoms with Crippen LogP contribution in [0.2, 0.25) is 0 Å². The van der Waals surface area contributed by atoms with E-state index in [1.807, 2.05) is 12.1 Å². The van der Waals surface area contributed by atoms with Crippen LogP contribution in [0.4, 0.5) is 0 Å². The fraction of sp³-hybridized carbons (Fsp3) is 0.0714. The summed E-state index contributed by atoms with van der Waals surface area (Å²) in [5.41, 5.74) is 3.89. The van der Waals surface area contributed by atoms with Crippen molar-refractivity contribution in [2.24, 2.45) is 5.16 Å². The molecule has 102 valence electrons. The summed E-state index contributed by atoms with van der Waals surface area (Å²) in [7, 11) is 0.747. The van der Waals surface area contributed by atoms with Crippen molar-refractivity contribution in [1.82, 2.24) is 5.32 Å². The summed E-state index contributed by atoms with van der Waals surface area (Å²) >= 11 is 5.86. The molecule has 0 radical (unpaired) electrons. The summed E-state index contributed by atoms with van der Waals surface area (Å²) in [6.07, 6.45) is 3.29. The van der Waals surface area contributed by atoms with Gasteiger partial charge in [0.1, 0.15) is 0 Å². The fourth-order valence-corrected chi connectivity index (χ4v) is 2.03. The first kappa shape index (κ1) is 14.4. The van der Waals surface area contributed by atoms with Gasteiger partial charge in [0.25, 0.3) is 0 Å². The molecule has 0 aliphatic carbocycles. The number of fused-ring (bicyclic) bond motifs is 1. The first-order valence-corrected chi connectivity index (χ1v) is 6.35. The number of benzene rings is 1. The number of rotatable bonds is 4. The third-order valence-corrected chi connectivity index (χ3v) is 3.05. The molecule has 0 bridgehead atoms. The number of halogens is 1. The van der Waals surface area contributed by atoms with Crippen molar-refractivity contribution >= 4 is 36.0 Å². The van der Waals surface area contributed by atoms with Gasteiger partial charge in [-0.15, -0.1) is 5.16 Å². The Morgan fingerprint density at radius 2 is 2.25 bits per heavy atom. The molecule has 20 heavy (non-hydrogen) atoms. The molecular formula is C14H14BClN2O2. The van der Waals surface area contributed by atoms with E-state index in [2.05, 4.69) is 23.6 Å². The van der Waals surface area contributed by atoms with E-state index < -0.39 is 7.12 Å². The monoisotopic (exact) mass is 288 g/mol. The van der Waals surface area contributed by atoms with Crippen molar-refractivity contribution in [3.05, 3.63) is 59.3 Å². The highest BCUT2D eigenvalue weighted by Gasteiger charge is 2.25. The van der Waals surface area contributed by atoms with Crippen LogP contribution < -0.4 is 10.8 Å². The molecule has 0 atom stereocenters. The summed E-state index contributed by atoms with van der Waals surface area (Å²) < 4.78 is 4.78. The highest BCUT2D eigenvalue weighted by atomic mass is 35.5. The second kappa shape index (κ2) is 5.99.